The Morgan fingerprint density at radius 3 is 2.59 bits per heavy atom. The van der Waals surface area contributed by atoms with Crippen molar-refractivity contribution in [2.45, 2.75) is 20.4 Å². The van der Waals surface area contributed by atoms with Gasteiger partial charge in [-0.05, 0) is 26.0 Å². The van der Waals surface area contributed by atoms with E-state index in [9.17, 15) is 9.59 Å². The first-order valence-corrected chi connectivity index (χ1v) is 6.94. The van der Waals surface area contributed by atoms with Gasteiger partial charge in [0.2, 0.25) is 5.91 Å². The van der Waals surface area contributed by atoms with Crippen LogP contribution in [0.3, 0.4) is 0 Å². The predicted octanol–water partition coefficient (Wildman–Crippen LogP) is 1.32. The van der Waals surface area contributed by atoms with Crippen LogP contribution in [0.15, 0.2) is 29.1 Å². The second-order valence-electron chi connectivity index (χ2n) is 5.27. The van der Waals surface area contributed by atoms with Crippen LogP contribution in [0.2, 0.25) is 0 Å². The number of imidazole rings is 1. The lowest BCUT2D eigenvalue weighted by Gasteiger charge is -2.06. The third-order valence-electron chi connectivity index (χ3n) is 3.75. The maximum atomic E-state index is 12.3. The summed E-state index contributed by atoms with van der Waals surface area (Å²) in [6.45, 7) is 3.60. The van der Waals surface area contributed by atoms with Crippen molar-refractivity contribution in [2.24, 2.45) is 7.05 Å². The highest BCUT2D eigenvalue weighted by Gasteiger charge is 2.15. The molecule has 2 aromatic heterocycles. The molecule has 0 fully saturated rings. The summed E-state index contributed by atoms with van der Waals surface area (Å²) in [5.41, 5.74) is 3.50. The molecule has 0 aliphatic rings. The number of aromatic amines is 1. The predicted molar refractivity (Wildman–Crippen MR) is 83.9 cm³/mol. The van der Waals surface area contributed by atoms with Crippen LogP contribution in [0.25, 0.3) is 11.0 Å². The normalized spacial score (nSPS) is 11.0. The number of hydrogen-bond donors (Lipinski definition) is 2. The van der Waals surface area contributed by atoms with Gasteiger partial charge in [-0.3, -0.25) is 19.0 Å². The maximum absolute atomic E-state index is 12.3. The third kappa shape index (κ3) is 2.20. The van der Waals surface area contributed by atoms with Crippen LogP contribution in [0.4, 0.5) is 5.69 Å². The van der Waals surface area contributed by atoms with E-state index in [1.165, 1.54) is 9.13 Å². The number of carbonyl (C=O) groups is 1. The molecular formula is C15H17N5O2. The SMILES string of the molecule is Cc1n[nH]c(C)c1NC(=O)Cn1c(=O)n(C)c2ccccc21. The summed E-state index contributed by atoms with van der Waals surface area (Å²) in [5, 5.41) is 9.66. The zero-order valence-corrected chi connectivity index (χ0v) is 12.7. The van der Waals surface area contributed by atoms with E-state index in [0.29, 0.717) is 5.69 Å². The van der Waals surface area contributed by atoms with Crippen LogP contribution in [0, 0.1) is 13.8 Å². The molecule has 0 aliphatic heterocycles. The first kappa shape index (κ1) is 14.1. The Morgan fingerprint density at radius 2 is 1.95 bits per heavy atom. The summed E-state index contributed by atoms with van der Waals surface area (Å²) in [6, 6.07) is 7.40. The lowest BCUT2D eigenvalue weighted by molar-refractivity contribution is -0.116. The molecule has 114 valence electrons. The van der Waals surface area contributed by atoms with E-state index in [-0.39, 0.29) is 18.1 Å². The Labute approximate surface area is 126 Å². The van der Waals surface area contributed by atoms with Gasteiger partial charge < -0.3 is 5.32 Å². The van der Waals surface area contributed by atoms with Gasteiger partial charge in [0.15, 0.2) is 0 Å². The van der Waals surface area contributed by atoms with Crippen LogP contribution in [0.5, 0.6) is 0 Å². The minimum absolute atomic E-state index is 0.0375. The zero-order valence-electron chi connectivity index (χ0n) is 12.7. The van der Waals surface area contributed by atoms with Crippen molar-refractivity contribution in [3.05, 3.63) is 46.1 Å². The van der Waals surface area contributed by atoms with Gasteiger partial charge in [0, 0.05) is 7.05 Å². The standard InChI is InChI=1S/C15H17N5O2/c1-9-14(10(2)18-17-9)16-13(21)8-20-12-7-5-4-6-11(12)19(3)15(20)22/h4-7H,8H2,1-3H3,(H,16,21)(H,17,18). The summed E-state index contributed by atoms with van der Waals surface area (Å²) in [4.78, 5) is 24.6. The summed E-state index contributed by atoms with van der Waals surface area (Å²) in [7, 11) is 1.70. The summed E-state index contributed by atoms with van der Waals surface area (Å²) in [5.74, 6) is -0.258. The molecule has 1 amide bonds. The number of hydrogen-bond acceptors (Lipinski definition) is 3. The van der Waals surface area contributed by atoms with E-state index in [1.54, 1.807) is 7.05 Å². The summed E-state index contributed by atoms with van der Waals surface area (Å²) >= 11 is 0. The average molecular weight is 299 g/mol. The van der Waals surface area contributed by atoms with Crippen molar-refractivity contribution in [1.82, 2.24) is 19.3 Å². The van der Waals surface area contributed by atoms with Gasteiger partial charge in [-0.2, -0.15) is 5.10 Å². The molecule has 3 rings (SSSR count). The fraction of sp³-hybridized carbons (Fsp3) is 0.267. The van der Waals surface area contributed by atoms with Crippen LogP contribution in [-0.2, 0) is 18.4 Å². The molecule has 0 bridgehead atoms. The van der Waals surface area contributed by atoms with Crippen LogP contribution >= 0.6 is 0 Å². The molecule has 0 aliphatic carbocycles. The highest BCUT2D eigenvalue weighted by atomic mass is 16.2. The van der Waals surface area contributed by atoms with E-state index in [2.05, 4.69) is 15.5 Å². The number of amides is 1. The number of nitrogens with zero attached hydrogens (tertiary/aromatic N) is 3. The highest BCUT2D eigenvalue weighted by Crippen LogP contribution is 2.16. The lowest BCUT2D eigenvalue weighted by atomic mass is 10.3. The minimum Gasteiger partial charge on any atom is -0.321 e. The van der Waals surface area contributed by atoms with E-state index in [4.69, 9.17) is 0 Å². The van der Waals surface area contributed by atoms with E-state index < -0.39 is 0 Å². The quantitative estimate of drug-likeness (QED) is 0.765. The Kier molecular flexibility index (Phi) is 3.32. The number of fused-ring (bicyclic) bond motifs is 1. The van der Waals surface area contributed by atoms with Gasteiger partial charge in [-0.25, -0.2) is 4.79 Å². The molecule has 22 heavy (non-hydrogen) atoms. The van der Waals surface area contributed by atoms with E-state index in [0.717, 1.165) is 22.4 Å². The monoisotopic (exact) mass is 299 g/mol. The minimum atomic E-state index is -0.258. The van der Waals surface area contributed by atoms with Crippen LogP contribution < -0.4 is 11.0 Å². The van der Waals surface area contributed by atoms with Gasteiger partial charge in [0.1, 0.15) is 6.54 Å². The van der Waals surface area contributed by atoms with Gasteiger partial charge in [0.05, 0.1) is 28.1 Å². The van der Waals surface area contributed by atoms with Crippen molar-refractivity contribution in [2.75, 3.05) is 5.32 Å². The van der Waals surface area contributed by atoms with E-state index in [1.807, 2.05) is 38.1 Å². The first-order valence-electron chi connectivity index (χ1n) is 6.94. The molecule has 7 heteroatoms. The molecule has 2 heterocycles. The lowest BCUT2D eigenvalue weighted by Crippen LogP contribution is -2.28. The molecule has 0 atom stereocenters. The van der Waals surface area contributed by atoms with Crippen molar-refractivity contribution in [1.29, 1.82) is 0 Å². The zero-order chi connectivity index (χ0) is 15.9. The van der Waals surface area contributed by atoms with Gasteiger partial charge in [-0.15, -0.1) is 0 Å². The number of anilines is 1. The van der Waals surface area contributed by atoms with Gasteiger partial charge in [-0.1, -0.05) is 12.1 Å². The maximum Gasteiger partial charge on any atom is 0.329 e. The Hall–Kier alpha value is -2.83. The number of carbonyl (C=O) groups excluding carboxylic acids is 1. The number of aromatic nitrogens is 4. The van der Waals surface area contributed by atoms with Crippen molar-refractivity contribution >= 4 is 22.6 Å². The molecule has 0 radical (unpaired) electrons. The molecular weight excluding hydrogens is 282 g/mol. The second-order valence-corrected chi connectivity index (χ2v) is 5.27. The molecule has 0 unspecified atom stereocenters. The van der Waals surface area contributed by atoms with Crippen molar-refractivity contribution < 1.29 is 4.79 Å². The van der Waals surface area contributed by atoms with Gasteiger partial charge in [0.25, 0.3) is 0 Å². The van der Waals surface area contributed by atoms with Crippen LogP contribution in [0.1, 0.15) is 11.4 Å². The van der Waals surface area contributed by atoms with Crippen molar-refractivity contribution in [3.63, 3.8) is 0 Å². The van der Waals surface area contributed by atoms with Gasteiger partial charge >= 0.3 is 5.69 Å². The Balaban J connectivity index is 1.92. The molecule has 1 aromatic carbocycles. The topological polar surface area (TPSA) is 84.7 Å². The molecule has 2 N–H and O–H groups in total. The number of rotatable bonds is 3. The average Bonchev–Trinajstić information content (AvgIpc) is 2.94. The molecule has 7 nitrogen and oxygen atoms in total. The van der Waals surface area contributed by atoms with Crippen molar-refractivity contribution in [3.8, 4) is 0 Å². The molecule has 0 spiro atoms. The smallest absolute Gasteiger partial charge is 0.321 e. The third-order valence-corrected chi connectivity index (χ3v) is 3.75. The number of para-hydroxylation sites is 2. The highest BCUT2D eigenvalue weighted by molar-refractivity contribution is 5.92. The van der Waals surface area contributed by atoms with E-state index >= 15 is 0 Å². The molecule has 0 saturated heterocycles. The van der Waals surface area contributed by atoms with Crippen LogP contribution in [-0.4, -0.2) is 25.2 Å². The number of H-pyrrole nitrogens is 1. The number of benzene rings is 1. The number of aryl methyl sites for hydroxylation is 3. The summed E-state index contributed by atoms with van der Waals surface area (Å²) in [6.07, 6.45) is 0. The Morgan fingerprint density at radius 1 is 1.27 bits per heavy atom. The fourth-order valence-electron chi connectivity index (χ4n) is 2.57. The second kappa shape index (κ2) is 5.18. The number of nitrogens with one attached hydrogen (secondary N) is 2. The summed E-state index contributed by atoms with van der Waals surface area (Å²) < 4.78 is 3.01. The molecule has 0 saturated carbocycles. The largest absolute Gasteiger partial charge is 0.329 e. The Bertz CT molecular complexity index is 896. The fourth-order valence-corrected chi connectivity index (χ4v) is 2.57. The first-order chi connectivity index (χ1) is 10.5. The molecule has 3 aromatic rings.